The van der Waals surface area contributed by atoms with Gasteiger partial charge in [-0.1, -0.05) is 10.3 Å². The van der Waals surface area contributed by atoms with Crippen molar-refractivity contribution in [3.8, 4) is 0 Å². The molecular formula is C5H10N4OS. The van der Waals surface area contributed by atoms with Crippen LogP contribution in [0.25, 0.3) is 0 Å². The van der Waals surface area contributed by atoms with Crippen molar-refractivity contribution in [2.45, 2.75) is 26.0 Å². The second kappa shape index (κ2) is 2.71. The number of tetrazole rings is 1. The van der Waals surface area contributed by atoms with Crippen LogP contribution >= 0.6 is 12.2 Å². The van der Waals surface area contributed by atoms with Crippen molar-refractivity contribution in [2.24, 2.45) is 0 Å². The number of H-pyrrole nitrogens is 1. The van der Waals surface area contributed by atoms with E-state index in [4.69, 9.17) is 12.2 Å². The Kier molecular flexibility index (Phi) is 2.05. The lowest BCUT2D eigenvalue weighted by Crippen LogP contribution is -2.26. The molecule has 0 atom stereocenters. The summed E-state index contributed by atoms with van der Waals surface area (Å²) in [6, 6.07) is 0. The zero-order valence-electron chi connectivity index (χ0n) is 6.40. The maximum atomic E-state index is 9.37. The Labute approximate surface area is 69.0 Å². The third-order valence-corrected chi connectivity index (χ3v) is 1.38. The summed E-state index contributed by atoms with van der Waals surface area (Å²) in [6.45, 7) is 3.75. The molecule has 0 spiro atoms. The molecule has 1 aromatic rings. The lowest BCUT2D eigenvalue weighted by molar-refractivity contribution is 0.0566. The van der Waals surface area contributed by atoms with Gasteiger partial charge in [0, 0.05) is 0 Å². The Morgan fingerprint density at radius 2 is 2.36 bits per heavy atom. The molecule has 0 aliphatic heterocycles. The number of nitrogens with one attached hydrogen (secondary N) is 1. The van der Waals surface area contributed by atoms with Crippen LogP contribution in [0.4, 0.5) is 0 Å². The van der Waals surface area contributed by atoms with Crippen LogP contribution in [0.15, 0.2) is 0 Å². The molecule has 62 valence electrons. The molecule has 0 saturated carbocycles. The van der Waals surface area contributed by atoms with E-state index in [-0.39, 0.29) is 0 Å². The molecule has 0 aromatic carbocycles. The van der Waals surface area contributed by atoms with E-state index in [1.165, 1.54) is 4.68 Å². The summed E-state index contributed by atoms with van der Waals surface area (Å²) < 4.78 is 1.86. The second-order valence-electron chi connectivity index (χ2n) is 2.98. The highest BCUT2D eigenvalue weighted by atomic mass is 32.1. The average Bonchev–Trinajstić information content (AvgIpc) is 2.12. The van der Waals surface area contributed by atoms with Crippen molar-refractivity contribution in [1.82, 2.24) is 20.2 Å². The summed E-state index contributed by atoms with van der Waals surface area (Å²) >= 11 is 4.80. The van der Waals surface area contributed by atoms with Crippen LogP contribution in [0, 0.1) is 4.77 Å². The lowest BCUT2D eigenvalue weighted by Gasteiger charge is -2.15. The van der Waals surface area contributed by atoms with Gasteiger partial charge in [-0.3, -0.25) is 0 Å². The summed E-state index contributed by atoms with van der Waals surface area (Å²) in [5, 5.41) is 19.0. The van der Waals surface area contributed by atoms with Gasteiger partial charge in [-0.25, -0.2) is 4.68 Å². The zero-order chi connectivity index (χ0) is 8.48. The quantitative estimate of drug-likeness (QED) is 0.624. The summed E-state index contributed by atoms with van der Waals surface area (Å²) in [5.41, 5.74) is -0.799. The van der Waals surface area contributed by atoms with E-state index in [1.807, 2.05) is 0 Å². The average molecular weight is 174 g/mol. The van der Waals surface area contributed by atoms with Crippen LogP contribution in [0.5, 0.6) is 0 Å². The first kappa shape index (κ1) is 8.35. The molecule has 0 fully saturated rings. The van der Waals surface area contributed by atoms with E-state index in [9.17, 15) is 5.11 Å². The number of rotatable bonds is 2. The van der Waals surface area contributed by atoms with Crippen LogP contribution in [0.3, 0.4) is 0 Å². The predicted molar refractivity (Wildman–Crippen MR) is 41.5 cm³/mol. The lowest BCUT2D eigenvalue weighted by atomic mass is 10.1. The third kappa shape index (κ3) is 2.39. The summed E-state index contributed by atoms with van der Waals surface area (Å²) in [6.07, 6.45) is 0. The van der Waals surface area contributed by atoms with E-state index >= 15 is 0 Å². The van der Waals surface area contributed by atoms with E-state index < -0.39 is 5.60 Å². The fraction of sp³-hybridized carbons (Fsp3) is 0.800. The Morgan fingerprint density at radius 1 is 1.73 bits per heavy atom. The Bertz CT molecular complexity index is 283. The highest BCUT2D eigenvalue weighted by Gasteiger charge is 2.13. The first-order chi connectivity index (χ1) is 4.99. The molecule has 11 heavy (non-hydrogen) atoms. The molecule has 0 aliphatic rings. The normalized spacial score (nSPS) is 11.9. The van der Waals surface area contributed by atoms with Crippen molar-refractivity contribution in [3.63, 3.8) is 0 Å². The van der Waals surface area contributed by atoms with Crippen molar-refractivity contribution in [2.75, 3.05) is 0 Å². The maximum absolute atomic E-state index is 9.37. The summed E-state index contributed by atoms with van der Waals surface area (Å²) in [4.78, 5) is 0. The van der Waals surface area contributed by atoms with Gasteiger partial charge in [0.1, 0.15) is 0 Å². The zero-order valence-corrected chi connectivity index (χ0v) is 7.22. The van der Waals surface area contributed by atoms with Gasteiger partial charge in [-0.15, -0.1) is 0 Å². The number of aromatic nitrogens is 4. The molecular weight excluding hydrogens is 164 g/mol. The van der Waals surface area contributed by atoms with Crippen molar-refractivity contribution in [3.05, 3.63) is 4.77 Å². The standard InChI is InChI=1S/C5H10N4OS/c1-5(2,10)3-9-4(11)6-7-8-9/h10H,3H2,1-2H3,(H,6,8,11). The van der Waals surface area contributed by atoms with Gasteiger partial charge in [0.2, 0.25) is 4.77 Å². The van der Waals surface area contributed by atoms with Crippen molar-refractivity contribution in [1.29, 1.82) is 0 Å². The van der Waals surface area contributed by atoms with E-state index in [0.29, 0.717) is 11.3 Å². The minimum atomic E-state index is -0.799. The minimum Gasteiger partial charge on any atom is -0.389 e. The van der Waals surface area contributed by atoms with Gasteiger partial charge in [0.25, 0.3) is 0 Å². The first-order valence-corrected chi connectivity index (χ1v) is 3.60. The molecule has 0 aliphatic carbocycles. The molecule has 5 nitrogen and oxygen atoms in total. The molecule has 1 heterocycles. The van der Waals surface area contributed by atoms with E-state index in [2.05, 4.69) is 15.5 Å². The largest absolute Gasteiger partial charge is 0.389 e. The van der Waals surface area contributed by atoms with Gasteiger partial charge in [0.15, 0.2) is 0 Å². The number of aliphatic hydroxyl groups is 1. The topological polar surface area (TPSA) is 66.7 Å². The van der Waals surface area contributed by atoms with Crippen LogP contribution in [-0.2, 0) is 6.54 Å². The maximum Gasteiger partial charge on any atom is 0.238 e. The number of aromatic amines is 1. The SMILES string of the molecule is CC(C)(O)Cn1[nH]nnc1=S. The van der Waals surface area contributed by atoms with Gasteiger partial charge in [0.05, 0.1) is 12.1 Å². The van der Waals surface area contributed by atoms with Gasteiger partial charge >= 0.3 is 0 Å². The number of hydrogen-bond acceptors (Lipinski definition) is 4. The summed E-state index contributed by atoms with van der Waals surface area (Å²) in [5.74, 6) is 0. The Morgan fingerprint density at radius 3 is 2.73 bits per heavy atom. The molecule has 1 rings (SSSR count). The molecule has 6 heteroatoms. The van der Waals surface area contributed by atoms with Crippen LogP contribution in [0.2, 0.25) is 0 Å². The first-order valence-electron chi connectivity index (χ1n) is 3.19. The number of hydrogen-bond donors (Lipinski definition) is 2. The van der Waals surface area contributed by atoms with Crippen LogP contribution < -0.4 is 0 Å². The third-order valence-electron chi connectivity index (χ3n) is 1.08. The van der Waals surface area contributed by atoms with Gasteiger partial charge < -0.3 is 5.11 Å². The predicted octanol–water partition coefficient (Wildman–Crippen LogP) is 0.107. The van der Waals surface area contributed by atoms with E-state index in [0.717, 1.165) is 0 Å². The minimum absolute atomic E-state index is 0.354. The number of nitrogens with zero attached hydrogens (tertiary/aromatic N) is 3. The van der Waals surface area contributed by atoms with Crippen LogP contribution in [-0.4, -0.2) is 30.9 Å². The van der Waals surface area contributed by atoms with Crippen molar-refractivity contribution >= 4 is 12.2 Å². The molecule has 0 bridgehead atoms. The highest BCUT2D eigenvalue weighted by molar-refractivity contribution is 7.71. The molecule has 0 unspecified atom stereocenters. The van der Waals surface area contributed by atoms with Crippen molar-refractivity contribution < 1.29 is 5.11 Å². The molecule has 0 amide bonds. The monoisotopic (exact) mass is 174 g/mol. The smallest absolute Gasteiger partial charge is 0.238 e. The molecule has 0 radical (unpaired) electrons. The summed E-state index contributed by atoms with van der Waals surface area (Å²) in [7, 11) is 0. The van der Waals surface area contributed by atoms with Gasteiger partial charge in [-0.05, 0) is 26.1 Å². The molecule has 2 N–H and O–H groups in total. The fourth-order valence-electron chi connectivity index (χ4n) is 0.706. The second-order valence-corrected chi connectivity index (χ2v) is 3.35. The highest BCUT2D eigenvalue weighted by Crippen LogP contribution is 2.03. The molecule has 0 saturated heterocycles. The molecule has 1 aromatic heterocycles. The van der Waals surface area contributed by atoms with E-state index in [1.54, 1.807) is 13.8 Å². The fourth-order valence-corrected chi connectivity index (χ4v) is 0.852. The Balaban J connectivity index is 2.80. The van der Waals surface area contributed by atoms with Gasteiger partial charge in [-0.2, -0.15) is 5.21 Å². The Hall–Kier alpha value is -0.750. The van der Waals surface area contributed by atoms with Crippen LogP contribution in [0.1, 0.15) is 13.8 Å².